The van der Waals surface area contributed by atoms with Gasteiger partial charge in [0.15, 0.2) is 115 Å². The Morgan fingerprint density at radius 2 is 0.548 bits per heavy atom. The number of carbonyl (C=O) groups excluding carboxylic acids is 9. The van der Waals surface area contributed by atoms with E-state index in [-0.39, 0.29) is 26.5 Å². The second kappa shape index (κ2) is 25.3. The number of rotatable bonds is 2. The number of aliphatic imine (C=N–C) groups is 36. The quantitative estimate of drug-likeness (QED) is 0.138. The number of amidine groups is 9. The van der Waals surface area contributed by atoms with Crippen LogP contribution in [0.3, 0.4) is 0 Å². The van der Waals surface area contributed by atoms with Gasteiger partial charge in [0.05, 0.1) is 12.6 Å². The first-order chi connectivity index (χ1) is 55.6. The normalized spacial score (nSPS) is 20.6. The Morgan fingerprint density at radius 3 is 0.843 bits per heavy atom. The van der Waals surface area contributed by atoms with E-state index < -0.39 is 232 Å². The summed E-state index contributed by atoms with van der Waals surface area (Å²) in [5.41, 5.74) is -1.23. The molecule has 0 radical (unpaired) electrons. The van der Waals surface area contributed by atoms with Crippen molar-refractivity contribution >= 4 is 295 Å². The molecule has 18 aliphatic rings. The largest absolute Gasteiger partial charge is 0.339 e. The number of anilines is 1. The molecule has 0 spiro atoms. The minimum atomic E-state index is -3.67. The fourth-order valence-electron chi connectivity index (χ4n) is 10.6. The molecule has 0 aliphatic carbocycles. The molecule has 18 aliphatic heterocycles. The molecule has 0 aromatic carbocycles. The highest BCUT2D eigenvalue weighted by Crippen LogP contribution is 2.32. The number of imidazole rings is 1. The first-order valence-electron chi connectivity index (χ1n) is 30.8. The van der Waals surface area contributed by atoms with Gasteiger partial charge in [0.2, 0.25) is 11.9 Å². The lowest BCUT2D eigenvalue weighted by molar-refractivity contribution is -0.279. The van der Waals surface area contributed by atoms with Gasteiger partial charge in [0.25, 0.3) is 63.4 Å². The van der Waals surface area contributed by atoms with Crippen LogP contribution in [-0.2, 0) is 53.3 Å². The number of hydrazine groups is 9. The minimum absolute atomic E-state index is 0.241. The third-order valence-electron chi connectivity index (χ3n) is 15.2. The predicted octanol–water partition coefficient (Wildman–Crippen LogP) is -10.2. The molecule has 0 saturated carbocycles. The molecule has 0 fully saturated rings. The van der Waals surface area contributed by atoms with Crippen molar-refractivity contribution < 1.29 is 56.1 Å². The van der Waals surface area contributed by atoms with E-state index in [0.29, 0.717) is 31.8 Å². The molecule has 2 aromatic heterocycles. The number of nitrogens with one attached hydrogen (secondary N) is 4. The maximum absolute atomic E-state index is 15.3. The van der Waals surface area contributed by atoms with Gasteiger partial charge in [-0.3, -0.25) is 57.5 Å². The van der Waals surface area contributed by atoms with E-state index in [1.54, 1.807) is 0 Å². The molecule has 556 valence electrons. The smallest absolute Gasteiger partial charge is 0.302 e. The molecule has 64 heteroatoms. The van der Waals surface area contributed by atoms with Crippen LogP contribution >= 0.6 is 0 Å². The zero-order chi connectivity index (χ0) is 79.0. The SMILES string of the molecule is CS(=O)(=O)O.O=C1N=C(NN(C2=NC(=O)C3=NC=NC3=N2)N(C2=NC(=O)C3=NC=NC3=N2)N(C2=NC(=O)C3=NC=NC3=N2)N(C2=NC(=O)C3=NC=NC3=N2)N(C2=NC(=O)C3=NC=NC3=N2)N(C2=NC(=O)C3=NC=NC3=N2)N(C2=NC(=O)C3=NC=NC3=N2)N(Nc2nc3nc[nH]c3c(=O)[nH]2)C2=NC(=O)C3=NC=NC3=N2)N=C2N=CN=C12. The van der Waals surface area contributed by atoms with Crippen LogP contribution < -0.4 is 16.4 Å². The van der Waals surface area contributed by atoms with Gasteiger partial charge in [0, 0.05) is 0 Å². The number of amides is 9. The molecule has 2 aromatic rings. The number of hydrogen-bond donors (Lipinski definition) is 5. The van der Waals surface area contributed by atoms with Crippen LogP contribution in [0.25, 0.3) is 11.2 Å². The van der Waals surface area contributed by atoms with E-state index in [1.807, 2.05) is 0 Å². The van der Waals surface area contributed by atoms with Gasteiger partial charge in [-0.15, -0.1) is 40.9 Å². The van der Waals surface area contributed by atoms with Gasteiger partial charge in [-0.05, 0) is 0 Å². The van der Waals surface area contributed by atoms with Crippen LogP contribution in [0.5, 0.6) is 0 Å². The lowest BCUT2D eigenvalue weighted by Crippen LogP contribution is -2.77. The van der Waals surface area contributed by atoms with E-state index in [4.69, 9.17) is 4.55 Å². The first-order valence-corrected chi connectivity index (χ1v) is 32.6. The van der Waals surface area contributed by atoms with Gasteiger partial charge < -0.3 is 4.98 Å². The predicted molar refractivity (Wildman–Crippen MR) is 396 cm³/mol. The molecule has 0 atom stereocenters. The maximum Gasteiger partial charge on any atom is 0.302 e. The third-order valence-corrected chi connectivity index (χ3v) is 15.2. The molecule has 115 heavy (non-hydrogen) atoms. The van der Waals surface area contributed by atoms with Crippen LogP contribution in [0.4, 0.5) is 5.95 Å². The fourth-order valence-corrected chi connectivity index (χ4v) is 10.6. The van der Waals surface area contributed by atoms with Crippen LogP contribution in [0.15, 0.2) is 191 Å². The van der Waals surface area contributed by atoms with Crippen molar-refractivity contribution in [3.8, 4) is 0 Å². The highest BCUT2D eigenvalue weighted by molar-refractivity contribution is 7.85. The van der Waals surface area contributed by atoms with Crippen molar-refractivity contribution in [3.63, 3.8) is 0 Å². The number of nitrogens with zero attached hydrogens (tertiary/aromatic N) is 46. The van der Waals surface area contributed by atoms with E-state index in [9.17, 15) is 37.2 Å². The summed E-state index contributed by atoms with van der Waals surface area (Å²) >= 11 is 0. The number of H-pyrrole nitrogens is 2. The van der Waals surface area contributed by atoms with E-state index in [0.717, 1.165) is 63.4 Å². The van der Waals surface area contributed by atoms with Crippen molar-refractivity contribution in [2.24, 2.45) is 180 Å². The Morgan fingerprint density at radius 1 is 0.313 bits per heavy atom. The Bertz CT molecular complexity index is 6750. The van der Waals surface area contributed by atoms with E-state index in [2.05, 4.69) is 211 Å². The van der Waals surface area contributed by atoms with Crippen molar-refractivity contribution in [1.29, 1.82) is 0 Å². The lowest BCUT2D eigenvalue weighted by Gasteiger charge is -2.52. The average Bonchev–Trinajstić information content (AvgIpc) is 1.71. The van der Waals surface area contributed by atoms with Crippen LogP contribution in [0.1, 0.15) is 0 Å². The van der Waals surface area contributed by atoms with Crippen LogP contribution in [0.2, 0.25) is 0 Å². The monoisotopic (exact) mass is 1570 g/mol. The number of fused-ring (bicyclic) bond motifs is 10. The summed E-state index contributed by atoms with van der Waals surface area (Å²) in [7, 11) is -3.67. The van der Waals surface area contributed by atoms with Crippen molar-refractivity contribution in [1.82, 2.24) is 66.3 Å². The van der Waals surface area contributed by atoms with Gasteiger partial charge in [0.1, 0.15) is 57.0 Å². The summed E-state index contributed by atoms with van der Waals surface area (Å²) in [4.78, 5) is 315. The summed E-state index contributed by atoms with van der Waals surface area (Å²) in [6, 6.07) is 0. The molecule has 9 amide bonds. The zero-order valence-corrected chi connectivity index (χ0v) is 55.9. The van der Waals surface area contributed by atoms with E-state index >= 15 is 19.2 Å². The van der Waals surface area contributed by atoms with Gasteiger partial charge in [-0.1, -0.05) is 0 Å². The standard InChI is InChI=1S/C50H14N50O10.CH4O3S/c101-31-11-21(61-1-51-11)71-41(81-31)91-93(43-73-23-13(33(103)83-43)53-3-63-23)95(45-75-25-15(35(105)85-45)55-5-65-25)97(47-77-27-17(37(107)87-47)57-7-67-27)99(49-79-29-19(39(109)89-49)59-9-69-29)100(50-80-30-20(40(110)90-50)60-10-70-30)98(48-78-28-18(38(108)88-48)58-8-68-28)96(46-76-26-16(36(106)86-46)56-6-66-26)94(44-74-24-14(34(104)84-44)54-4-64-24)92-42-72-22-12(32(102)82-42)52-2-62-22;1-5(2,3)4/h1-10H,(H,81,91,101)(H3,52,62,72,82,92,102);1H3,(H,2,3,4). The molecular formula is C51H18N50O13S. The molecule has 5 N–H and O–H groups in total. The van der Waals surface area contributed by atoms with Crippen LogP contribution in [-0.4, -0.2) is 348 Å². The third kappa shape index (κ3) is 11.5. The highest BCUT2D eigenvalue weighted by Gasteiger charge is 2.55. The Balaban J connectivity index is 0.00000172. The Kier molecular flexibility index (Phi) is 14.7. The first kappa shape index (κ1) is 67.0. The Labute approximate surface area is 623 Å². The summed E-state index contributed by atoms with van der Waals surface area (Å²) in [6.07, 6.45) is 9.71. The molecular weight excluding hydrogens is 1550 g/mol. The van der Waals surface area contributed by atoms with Crippen molar-refractivity contribution in [3.05, 3.63) is 16.7 Å². The number of aromatic amines is 2. The molecule has 0 bridgehead atoms. The molecule has 0 saturated heterocycles. The number of hydrogen-bond acceptors (Lipinski definition) is 51. The minimum Gasteiger partial charge on any atom is -0.339 e. The Hall–Kier alpha value is -18.6. The summed E-state index contributed by atoms with van der Waals surface area (Å²) in [5.74, 6) is -28.9. The summed E-state index contributed by atoms with van der Waals surface area (Å²) in [5, 5.41) is 2.62. The molecule has 20 rings (SSSR count). The topological polar surface area (TPSA) is 777 Å². The van der Waals surface area contributed by atoms with E-state index in [1.165, 1.54) is 0 Å². The van der Waals surface area contributed by atoms with Gasteiger partial charge >= 0.3 is 53.2 Å². The van der Waals surface area contributed by atoms with Gasteiger partial charge in [-0.25, -0.2) is 106 Å². The van der Waals surface area contributed by atoms with Crippen molar-refractivity contribution in [2.45, 2.75) is 0 Å². The second-order valence-corrected chi connectivity index (χ2v) is 23.7. The van der Waals surface area contributed by atoms with Crippen LogP contribution in [0, 0.1) is 0 Å². The van der Waals surface area contributed by atoms with Gasteiger partial charge in [-0.2, -0.15) is 103 Å². The summed E-state index contributed by atoms with van der Waals surface area (Å²) in [6.45, 7) is 0. The molecule has 20 heterocycles. The number of guanidine groups is 9. The van der Waals surface area contributed by atoms with Crippen molar-refractivity contribution in [2.75, 3.05) is 11.7 Å². The maximum atomic E-state index is 15.3. The molecule has 63 nitrogen and oxygen atoms in total. The lowest BCUT2D eigenvalue weighted by atomic mass is 10.3. The zero-order valence-electron chi connectivity index (χ0n) is 55.1. The summed E-state index contributed by atoms with van der Waals surface area (Å²) < 4.78 is 25.9. The average molecular weight is 1570 g/mol. The number of carbonyl (C=O) groups is 9. The highest BCUT2D eigenvalue weighted by atomic mass is 32.2. The second-order valence-electron chi connectivity index (χ2n) is 22.2. The molecule has 0 unspecified atom stereocenters. The number of aromatic nitrogens is 4. The fraction of sp³-hybridized carbons (Fsp3) is 0.0196.